The maximum Gasteiger partial charge on any atom is 0.306 e. The Morgan fingerprint density at radius 3 is 0.927 bits per heavy atom. The Morgan fingerprint density at radius 1 is 0.345 bits per heavy atom. The Hall–Kier alpha value is -2.11. The summed E-state index contributed by atoms with van der Waals surface area (Å²) in [5, 5.41) is 0. The zero-order valence-corrected chi connectivity index (χ0v) is 36.7. The van der Waals surface area contributed by atoms with E-state index in [1.165, 1.54) is 141 Å². The third-order valence-electron chi connectivity index (χ3n) is 10.4. The van der Waals surface area contributed by atoms with Gasteiger partial charge in [0.15, 0.2) is 6.10 Å². The second-order valence-electron chi connectivity index (χ2n) is 16.0. The van der Waals surface area contributed by atoms with Gasteiger partial charge in [-0.2, -0.15) is 0 Å². The Balaban J connectivity index is 4.37. The lowest BCUT2D eigenvalue weighted by molar-refractivity contribution is -0.167. The monoisotopic (exact) mass is 775 g/mol. The molecule has 0 N–H and O–H groups in total. The molecule has 0 heterocycles. The highest BCUT2D eigenvalue weighted by Crippen LogP contribution is 2.14. The maximum atomic E-state index is 12.7. The van der Waals surface area contributed by atoms with Crippen molar-refractivity contribution in [1.29, 1.82) is 0 Å². The van der Waals surface area contributed by atoms with Gasteiger partial charge in [0.2, 0.25) is 0 Å². The average molecular weight is 775 g/mol. The summed E-state index contributed by atoms with van der Waals surface area (Å²) in [5.74, 6) is -0.886. The van der Waals surface area contributed by atoms with E-state index in [2.05, 4.69) is 45.1 Å². The van der Waals surface area contributed by atoms with Crippen molar-refractivity contribution in [3.8, 4) is 0 Å². The van der Waals surface area contributed by atoms with E-state index >= 15 is 0 Å². The molecule has 0 aromatic rings. The van der Waals surface area contributed by atoms with E-state index in [9.17, 15) is 14.4 Å². The highest BCUT2D eigenvalue weighted by molar-refractivity contribution is 5.71. The molecule has 0 bridgehead atoms. The van der Waals surface area contributed by atoms with Gasteiger partial charge < -0.3 is 14.2 Å². The average Bonchev–Trinajstić information content (AvgIpc) is 3.18. The van der Waals surface area contributed by atoms with Gasteiger partial charge in [-0.25, -0.2) is 0 Å². The van der Waals surface area contributed by atoms with Crippen molar-refractivity contribution in [3.63, 3.8) is 0 Å². The number of rotatable bonds is 43. The molecule has 0 radical (unpaired) electrons. The SMILES string of the molecule is CCCCCC/C=C\CCCCCCCC(=O)OCC(COC(=O)CCCCCCC/C=C\CCCCCC)OC(=O)CCCCCCCCCCCCC. The molecule has 0 amide bonds. The molecular weight excluding hydrogens is 685 g/mol. The van der Waals surface area contributed by atoms with Gasteiger partial charge in [-0.1, -0.05) is 186 Å². The summed E-state index contributed by atoms with van der Waals surface area (Å²) < 4.78 is 16.7. The quantitative estimate of drug-likeness (QED) is 0.0266. The summed E-state index contributed by atoms with van der Waals surface area (Å²) in [6.07, 6.45) is 48.7. The fraction of sp³-hybridized carbons (Fsp3) is 0.857. The van der Waals surface area contributed by atoms with Gasteiger partial charge in [-0.15, -0.1) is 0 Å². The Bertz CT molecular complexity index is 844. The number of allylic oxidation sites excluding steroid dienone is 4. The van der Waals surface area contributed by atoms with E-state index < -0.39 is 6.10 Å². The van der Waals surface area contributed by atoms with Crippen LogP contribution in [0.3, 0.4) is 0 Å². The number of unbranched alkanes of at least 4 members (excludes halogenated alkanes) is 28. The maximum absolute atomic E-state index is 12.7. The second-order valence-corrected chi connectivity index (χ2v) is 16.0. The van der Waals surface area contributed by atoms with E-state index in [1.807, 2.05) is 0 Å². The summed E-state index contributed by atoms with van der Waals surface area (Å²) in [5.41, 5.74) is 0. The predicted octanol–water partition coefficient (Wildman–Crippen LogP) is 15.2. The van der Waals surface area contributed by atoms with Gasteiger partial charge in [0.25, 0.3) is 0 Å². The number of esters is 3. The normalized spacial score (nSPS) is 11.6. The van der Waals surface area contributed by atoms with Crippen LogP contribution in [-0.2, 0) is 28.6 Å². The number of carbonyl (C=O) groups is 3. The van der Waals surface area contributed by atoms with E-state index in [0.717, 1.165) is 70.6 Å². The van der Waals surface area contributed by atoms with Crippen molar-refractivity contribution >= 4 is 17.9 Å². The molecular formula is C49H90O6. The minimum atomic E-state index is -0.771. The van der Waals surface area contributed by atoms with Crippen LogP contribution >= 0.6 is 0 Å². The molecule has 0 saturated heterocycles. The first-order valence-electron chi connectivity index (χ1n) is 23.8. The van der Waals surface area contributed by atoms with Gasteiger partial charge in [0.05, 0.1) is 0 Å². The molecule has 6 nitrogen and oxygen atoms in total. The van der Waals surface area contributed by atoms with Gasteiger partial charge >= 0.3 is 17.9 Å². The van der Waals surface area contributed by atoms with Crippen molar-refractivity contribution in [2.75, 3.05) is 13.2 Å². The fourth-order valence-corrected chi connectivity index (χ4v) is 6.78. The highest BCUT2D eigenvalue weighted by atomic mass is 16.6. The molecule has 322 valence electrons. The third kappa shape index (κ3) is 42.9. The molecule has 0 atom stereocenters. The molecule has 0 aliphatic heterocycles. The van der Waals surface area contributed by atoms with E-state index in [0.29, 0.717) is 19.3 Å². The van der Waals surface area contributed by atoms with Crippen molar-refractivity contribution in [1.82, 2.24) is 0 Å². The first-order valence-corrected chi connectivity index (χ1v) is 23.8. The number of hydrogen-bond donors (Lipinski definition) is 0. The Labute approximate surface area is 341 Å². The van der Waals surface area contributed by atoms with Gasteiger partial charge in [-0.3, -0.25) is 14.4 Å². The summed E-state index contributed by atoms with van der Waals surface area (Å²) in [6.45, 7) is 6.59. The lowest BCUT2D eigenvalue weighted by Gasteiger charge is -2.18. The molecule has 55 heavy (non-hydrogen) atoms. The summed E-state index contributed by atoms with van der Waals surface area (Å²) >= 11 is 0. The summed E-state index contributed by atoms with van der Waals surface area (Å²) in [4.78, 5) is 37.8. The van der Waals surface area contributed by atoms with Gasteiger partial charge in [-0.05, 0) is 70.6 Å². The van der Waals surface area contributed by atoms with Crippen LogP contribution in [0.1, 0.15) is 252 Å². The molecule has 0 unspecified atom stereocenters. The molecule has 0 aromatic heterocycles. The van der Waals surface area contributed by atoms with Crippen LogP contribution in [0, 0.1) is 0 Å². The fourth-order valence-electron chi connectivity index (χ4n) is 6.78. The first-order chi connectivity index (χ1) is 27.0. The van der Waals surface area contributed by atoms with Gasteiger partial charge in [0.1, 0.15) is 13.2 Å². The summed E-state index contributed by atoms with van der Waals surface area (Å²) in [6, 6.07) is 0. The zero-order chi connectivity index (χ0) is 40.1. The van der Waals surface area contributed by atoms with Crippen molar-refractivity contribution < 1.29 is 28.6 Å². The van der Waals surface area contributed by atoms with Crippen molar-refractivity contribution in [2.24, 2.45) is 0 Å². The molecule has 6 heteroatoms. The predicted molar refractivity (Wildman–Crippen MR) is 233 cm³/mol. The Kier molecular flexibility index (Phi) is 42.9. The van der Waals surface area contributed by atoms with Gasteiger partial charge in [0, 0.05) is 19.3 Å². The molecule has 0 fully saturated rings. The second kappa shape index (κ2) is 44.6. The first kappa shape index (κ1) is 52.9. The minimum absolute atomic E-state index is 0.0753. The van der Waals surface area contributed by atoms with Crippen molar-refractivity contribution in [3.05, 3.63) is 24.3 Å². The molecule has 0 rings (SSSR count). The molecule has 0 aliphatic rings. The zero-order valence-electron chi connectivity index (χ0n) is 36.7. The summed E-state index contributed by atoms with van der Waals surface area (Å²) in [7, 11) is 0. The Morgan fingerprint density at radius 2 is 0.600 bits per heavy atom. The molecule has 0 saturated carbocycles. The lowest BCUT2D eigenvalue weighted by atomic mass is 10.1. The van der Waals surface area contributed by atoms with Crippen LogP contribution < -0.4 is 0 Å². The number of carbonyl (C=O) groups excluding carboxylic acids is 3. The van der Waals surface area contributed by atoms with Crippen LogP contribution in [0.2, 0.25) is 0 Å². The van der Waals surface area contributed by atoms with Crippen LogP contribution in [-0.4, -0.2) is 37.2 Å². The minimum Gasteiger partial charge on any atom is -0.462 e. The van der Waals surface area contributed by atoms with Crippen LogP contribution in [0.5, 0.6) is 0 Å². The van der Waals surface area contributed by atoms with E-state index in [1.54, 1.807) is 0 Å². The molecule has 0 spiro atoms. The van der Waals surface area contributed by atoms with E-state index in [4.69, 9.17) is 14.2 Å². The van der Waals surface area contributed by atoms with E-state index in [-0.39, 0.29) is 31.1 Å². The number of hydrogen-bond acceptors (Lipinski definition) is 6. The van der Waals surface area contributed by atoms with Crippen molar-refractivity contribution in [2.45, 2.75) is 258 Å². The largest absolute Gasteiger partial charge is 0.462 e. The van der Waals surface area contributed by atoms with Crippen LogP contribution in [0.4, 0.5) is 0 Å². The smallest absolute Gasteiger partial charge is 0.306 e. The third-order valence-corrected chi connectivity index (χ3v) is 10.4. The molecule has 0 aliphatic carbocycles. The molecule has 0 aromatic carbocycles. The topological polar surface area (TPSA) is 78.9 Å². The lowest BCUT2D eigenvalue weighted by Crippen LogP contribution is -2.30. The standard InChI is InChI=1S/C49H90O6/c1-4-7-10-13-16-19-22-24-27-29-32-35-38-41-47(50)53-44-46(55-49(52)43-40-37-34-31-26-21-18-15-12-9-6-3)45-54-48(51)42-39-36-33-30-28-25-23-20-17-14-11-8-5-2/h19-20,22-23,46H,4-18,21,24-45H2,1-3H3/b22-19-,23-20-. The number of ether oxygens (including phenoxy) is 3. The highest BCUT2D eigenvalue weighted by Gasteiger charge is 2.19. The van der Waals surface area contributed by atoms with Crippen LogP contribution in [0.25, 0.3) is 0 Å². The van der Waals surface area contributed by atoms with Crippen LogP contribution in [0.15, 0.2) is 24.3 Å².